The van der Waals surface area contributed by atoms with E-state index in [1.807, 2.05) is 56.3 Å². The van der Waals surface area contributed by atoms with Gasteiger partial charge >= 0.3 is 0 Å². The van der Waals surface area contributed by atoms with Crippen LogP contribution >= 0.6 is 0 Å². The summed E-state index contributed by atoms with van der Waals surface area (Å²) in [4.78, 5) is 25.4. The highest BCUT2D eigenvalue weighted by Gasteiger charge is 2.11. The number of benzene rings is 2. The Morgan fingerprint density at radius 3 is 2.47 bits per heavy atom. The second-order valence-electron chi connectivity index (χ2n) is 8.06. The number of methoxy groups -OCH3 is 1. The van der Waals surface area contributed by atoms with E-state index in [9.17, 15) is 9.59 Å². The molecule has 4 rings (SSSR count). The number of hydrogen-bond donors (Lipinski definition) is 1. The molecule has 0 fully saturated rings. The van der Waals surface area contributed by atoms with Gasteiger partial charge in [0.25, 0.3) is 5.56 Å². The Balaban J connectivity index is 1.39. The van der Waals surface area contributed by atoms with Crippen molar-refractivity contribution in [1.29, 1.82) is 0 Å². The molecule has 0 unspecified atom stereocenters. The highest BCUT2D eigenvalue weighted by Crippen LogP contribution is 2.28. The number of fused-ring (bicyclic) bond motifs is 1. The average molecular weight is 491 g/mol. The van der Waals surface area contributed by atoms with Gasteiger partial charge in [-0.25, -0.2) is 4.52 Å². The molecule has 0 aliphatic heterocycles. The third-order valence-corrected chi connectivity index (χ3v) is 5.66. The molecule has 1 amide bonds. The Kier molecular flexibility index (Phi) is 7.89. The van der Waals surface area contributed by atoms with Crippen LogP contribution in [0.3, 0.4) is 0 Å². The van der Waals surface area contributed by atoms with Crippen LogP contribution in [0.5, 0.6) is 17.2 Å². The van der Waals surface area contributed by atoms with E-state index >= 15 is 0 Å². The van der Waals surface area contributed by atoms with Crippen LogP contribution in [0.4, 0.5) is 0 Å². The largest absolute Gasteiger partial charge is 0.494 e. The SMILES string of the molecule is CCOc1ccc(-c2cc3c(=O)n(CCC(=O)NCc4ccc(OC)c(OCC)c4)ccn3n2)cc1. The molecule has 0 bridgehead atoms. The van der Waals surface area contributed by atoms with Crippen LogP contribution in [0.25, 0.3) is 16.8 Å². The summed E-state index contributed by atoms with van der Waals surface area (Å²) in [5, 5.41) is 7.41. The van der Waals surface area contributed by atoms with Crippen molar-refractivity contribution in [3.63, 3.8) is 0 Å². The molecule has 36 heavy (non-hydrogen) atoms. The number of carbonyl (C=O) groups is 1. The van der Waals surface area contributed by atoms with Crippen molar-refractivity contribution in [3.8, 4) is 28.5 Å². The number of amides is 1. The Labute approximate surface area is 209 Å². The molecule has 0 spiro atoms. The van der Waals surface area contributed by atoms with E-state index in [4.69, 9.17) is 14.2 Å². The van der Waals surface area contributed by atoms with Gasteiger partial charge in [0.1, 0.15) is 11.3 Å². The van der Waals surface area contributed by atoms with Crippen molar-refractivity contribution in [2.24, 2.45) is 0 Å². The minimum absolute atomic E-state index is 0.154. The molecule has 0 saturated carbocycles. The van der Waals surface area contributed by atoms with Crippen molar-refractivity contribution in [1.82, 2.24) is 19.5 Å². The fraction of sp³-hybridized carbons (Fsp3) is 0.296. The van der Waals surface area contributed by atoms with Gasteiger partial charge < -0.3 is 24.1 Å². The molecule has 0 aliphatic carbocycles. The summed E-state index contributed by atoms with van der Waals surface area (Å²) < 4.78 is 19.4. The fourth-order valence-electron chi connectivity index (χ4n) is 3.84. The first kappa shape index (κ1) is 24.8. The Hall–Kier alpha value is -4.27. The van der Waals surface area contributed by atoms with Crippen LogP contribution in [0.2, 0.25) is 0 Å². The van der Waals surface area contributed by atoms with E-state index in [0.29, 0.717) is 42.5 Å². The molecule has 0 atom stereocenters. The van der Waals surface area contributed by atoms with E-state index in [-0.39, 0.29) is 24.4 Å². The van der Waals surface area contributed by atoms with Gasteiger partial charge in [0.2, 0.25) is 5.91 Å². The third kappa shape index (κ3) is 5.68. The lowest BCUT2D eigenvalue weighted by atomic mass is 10.1. The van der Waals surface area contributed by atoms with Gasteiger partial charge in [-0.3, -0.25) is 9.59 Å². The van der Waals surface area contributed by atoms with Gasteiger partial charge in [0.15, 0.2) is 11.5 Å². The lowest BCUT2D eigenvalue weighted by Crippen LogP contribution is -2.27. The fourth-order valence-corrected chi connectivity index (χ4v) is 3.84. The normalized spacial score (nSPS) is 10.9. The first-order chi connectivity index (χ1) is 17.5. The van der Waals surface area contributed by atoms with E-state index in [1.54, 1.807) is 30.1 Å². The molecule has 2 aromatic heterocycles. The van der Waals surface area contributed by atoms with Crippen LogP contribution in [0, 0.1) is 0 Å². The van der Waals surface area contributed by atoms with E-state index < -0.39 is 0 Å². The lowest BCUT2D eigenvalue weighted by Gasteiger charge is -2.12. The first-order valence-electron chi connectivity index (χ1n) is 11.9. The maximum absolute atomic E-state index is 13.0. The zero-order chi connectivity index (χ0) is 25.5. The molecular formula is C27H30N4O5. The molecular weight excluding hydrogens is 460 g/mol. The van der Waals surface area contributed by atoms with Crippen LogP contribution in [0.1, 0.15) is 25.8 Å². The quantitative estimate of drug-likeness (QED) is 0.345. The molecule has 188 valence electrons. The number of hydrogen-bond acceptors (Lipinski definition) is 6. The molecule has 4 aromatic rings. The molecule has 1 N–H and O–H groups in total. The van der Waals surface area contributed by atoms with Crippen LogP contribution in [-0.4, -0.2) is 40.4 Å². The summed E-state index contributed by atoms with van der Waals surface area (Å²) >= 11 is 0. The summed E-state index contributed by atoms with van der Waals surface area (Å²) in [5.74, 6) is 1.91. The van der Waals surface area contributed by atoms with Gasteiger partial charge in [0, 0.05) is 37.5 Å². The molecule has 0 aliphatic rings. The Morgan fingerprint density at radius 1 is 0.972 bits per heavy atom. The standard InChI is InChI=1S/C27H30N4O5/c1-4-35-21-9-7-20(8-10-21)22-17-23-27(33)30(14-15-31(23)29-22)13-12-26(32)28-18-19-6-11-24(34-3)25(16-19)36-5-2/h6-11,14-17H,4-5,12-13,18H2,1-3H3,(H,28,32). The molecule has 0 radical (unpaired) electrons. The van der Waals surface area contributed by atoms with Gasteiger partial charge in [-0.1, -0.05) is 6.07 Å². The summed E-state index contributed by atoms with van der Waals surface area (Å²) in [6.45, 7) is 5.57. The molecule has 0 saturated heterocycles. The summed E-state index contributed by atoms with van der Waals surface area (Å²) in [6, 6.07) is 14.9. The monoisotopic (exact) mass is 490 g/mol. The predicted octanol–water partition coefficient (Wildman–Crippen LogP) is 3.68. The first-order valence-corrected chi connectivity index (χ1v) is 11.9. The average Bonchev–Trinajstić information content (AvgIpc) is 3.33. The van der Waals surface area contributed by atoms with Gasteiger partial charge in [0.05, 0.1) is 26.0 Å². The lowest BCUT2D eigenvalue weighted by molar-refractivity contribution is -0.121. The summed E-state index contributed by atoms with van der Waals surface area (Å²) in [7, 11) is 1.59. The van der Waals surface area contributed by atoms with Crippen molar-refractivity contribution in [3.05, 3.63) is 76.8 Å². The van der Waals surface area contributed by atoms with Crippen molar-refractivity contribution in [2.75, 3.05) is 20.3 Å². The summed E-state index contributed by atoms with van der Waals surface area (Å²) in [6.07, 6.45) is 3.54. The number of ether oxygens (including phenoxy) is 3. The van der Waals surface area contributed by atoms with Crippen LogP contribution < -0.4 is 25.1 Å². The van der Waals surface area contributed by atoms with Gasteiger partial charge in [-0.15, -0.1) is 0 Å². The van der Waals surface area contributed by atoms with E-state index in [2.05, 4.69) is 10.4 Å². The minimum Gasteiger partial charge on any atom is -0.494 e. The highest BCUT2D eigenvalue weighted by atomic mass is 16.5. The number of nitrogens with one attached hydrogen (secondary N) is 1. The number of aryl methyl sites for hydroxylation is 1. The van der Waals surface area contributed by atoms with Gasteiger partial charge in [-0.2, -0.15) is 5.10 Å². The predicted molar refractivity (Wildman–Crippen MR) is 137 cm³/mol. The summed E-state index contributed by atoms with van der Waals surface area (Å²) in [5.41, 5.74) is 2.72. The van der Waals surface area contributed by atoms with E-state index in [0.717, 1.165) is 16.9 Å². The smallest absolute Gasteiger partial charge is 0.276 e. The van der Waals surface area contributed by atoms with Gasteiger partial charge in [-0.05, 0) is 61.9 Å². The van der Waals surface area contributed by atoms with Crippen molar-refractivity contribution >= 4 is 11.4 Å². The number of nitrogens with zero attached hydrogens (tertiary/aromatic N) is 3. The maximum atomic E-state index is 13.0. The Bertz CT molecular complexity index is 1390. The van der Waals surface area contributed by atoms with Crippen LogP contribution in [0.15, 0.2) is 65.7 Å². The molecule has 9 heteroatoms. The Morgan fingerprint density at radius 2 is 1.75 bits per heavy atom. The second-order valence-corrected chi connectivity index (χ2v) is 8.06. The zero-order valence-corrected chi connectivity index (χ0v) is 20.7. The van der Waals surface area contributed by atoms with Crippen molar-refractivity contribution < 1.29 is 19.0 Å². The number of aromatic nitrogens is 3. The van der Waals surface area contributed by atoms with E-state index in [1.165, 1.54) is 4.57 Å². The maximum Gasteiger partial charge on any atom is 0.276 e. The highest BCUT2D eigenvalue weighted by molar-refractivity contribution is 5.75. The second kappa shape index (κ2) is 11.4. The van der Waals surface area contributed by atoms with Crippen LogP contribution in [-0.2, 0) is 17.9 Å². The number of carbonyl (C=O) groups excluding carboxylic acids is 1. The van der Waals surface area contributed by atoms with Crippen molar-refractivity contribution in [2.45, 2.75) is 33.4 Å². The molecule has 2 heterocycles. The third-order valence-electron chi connectivity index (χ3n) is 5.66. The minimum atomic E-state index is -0.202. The molecule has 2 aromatic carbocycles. The number of rotatable bonds is 11. The zero-order valence-electron chi connectivity index (χ0n) is 20.7. The molecule has 9 nitrogen and oxygen atoms in total. The topological polar surface area (TPSA) is 96.1 Å².